The monoisotopic (exact) mass is 264 g/mol. The summed E-state index contributed by atoms with van der Waals surface area (Å²) in [5.74, 6) is 0.590. The van der Waals surface area contributed by atoms with Gasteiger partial charge in [-0.1, -0.05) is 12.1 Å². The predicted molar refractivity (Wildman–Crippen MR) is 76.9 cm³/mol. The van der Waals surface area contributed by atoms with Crippen molar-refractivity contribution in [3.8, 4) is 0 Å². The fourth-order valence-corrected chi connectivity index (χ4v) is 2.63. The van der Waals surface area contributed by atoms with Crippen LogP contribution in [0.3, 0.4) is 0 Å². The molecule has 4 nitrogen and oxygen atoms in total. The molecule has 1 saturated heterocycles. The van der Waals surface area contributed by atoms with Crippen molar-refractivity contribution in [1.82, 2.24) is 4.90 Å². The molecule has 1 aliphatic heterocycles. The molecule has 0 bridgehead atoms. The van der Waals surface area contributed by atoms with E-state index < -0.39 is 6.10 Å². The van der Waals surface area contributed by atoms with Crippen molar-refractivity contribution in [3.63, 3.8) is 0 Å². The van der Waals surface area contributed by atoms with Crippen LogP contribution in [0.15, 0.2) is 24.3 Å². The van der Waals surface area contributed by atoms with Gasteiger partial charge in [0.2, 0.25) is 0 Å². The second-order valence-electron chi connectivity index (χ2n) is 5.49. The fraction of sp³-hybridized carbons (Fsp3) is 0.600. The minimum absolute atomic E-state index is 0.488. The van der Waals surface area contributed by atoms with E-state index in [1.54, 1.807) is 0 Å². The molecule has 2 rings (SSSR count). The first-order valence-electron chi connectivity index (χ1n) is 6.95. The van der Waals surface area contributed by atoms with Crippen LogP contribution < -0.4 is 5.73 Å². The summed E-state index contributed by atoms with van der Waals surface area (Å²) in [6, 6.07) is 7.46. The zero-order valence-corrected chi connectivity index (χ0v) is 11.6. The highest BCUT2D eigenvalue weighted by Crippen LogP contribution is 2.19. The molecule has 0 spiro atoms. The zero-order valence-electron chi connectivity index (χ0n) is 11.6. The Morgan fingerprint density at radius 1 is 1.53 bits per heavy atom. The topological polar surface area (TPSA) is 58.7 Å². The van der Waals surface area contributed by atoms with Crippen molar-refractivity contribution in [1.29, 1.82) is 0 Å². The number of hydrogen-bond donors (Lipinski definition) is 2. The Morgan fingerprint density at radius 3 is 3.05 bits per heavy atom. The Bertz CT molecular complexity index is 391. The van der Waals surface area contributed by atoms with Gasteiger partial charge in [-0.15, -0.1) is 0 Å². The molecular formula is C15H24N2O2. The number of ether oxygens (including phenoxy) is 1. The predicted octanol–water partition coefficient (Wildman–Crippen LogP) is 1.66. The van der Waals surface area contributed by atoms with Crippen molar-refractivity contribution in [2.75, 3.05) is 39.1 Å². The minimum atomic E-state index is -0.488. The number of hydrogen-bond acceptors (Lipinski definition) is 4. The van der Waals surface area contributed by atoms with E-state index >= 15 is 0 Å². The number of nitrogens with zero attached hydrogens (tertiary/aromatic N) is 1. The number of benzene rings is 1. The third kappa shape index (κ3) is 4.49. The van der Waals surface area contributed by atoms with Crippen LogP contribution in [0.2, 0.25) is 0 Å². The molecule has 4 heteroatoms. The maximum Gasteiger partial charge on any atom is 0.0917 e. The van der Waals surface area contributed by atoms with Crippen LogP contribution in [-0.2, 0) is 4.74 Å². The first-order chi connectivity index (χ1) is 9.15. The molecule has 0 aromatic heterocycles. The Labute approximate surface area is 115 Å². The van der Waals surface area contributed by atoms with Crippen LogP contribution in [0.1, 0.15) is 24.5 Å². The number of anilines is 1. The summed E-state index contributed by atoms with van der Waals surface area (Å²) in [6.07, 6.45) is 1.88. The molecule has 1 aromatic rings. The first-order valence-corrected chi connectivity index (χ1v) is 6.95. The van der Waals surface area contributed by atoms with E-state index in [-0.39, 0.29) is 0 Å². The van der Waals surface area contributed by atoms with Crippen LogP contribution in [0.25, 0.3) is 0 Å². The van der Waals surface area contributed by atoms with Crippen LogP contribution in [0.4, 0.5) is 5.69 Å². The lowest BCUT2D eigenvalue weighted by Gasteiger charge is -2.28. The number of aliphatic hydroxyl groups excluding tert-OH is 1. The fourth-order valence-electron chi connectivity index (χ4n) is 2.63. The molecule has 0 amide bonds. The molecule has 1 aromatic carbocycles. The normalized spacial score (nSPS) is 21.5. The molecule has 3 N–H and O–H groups in total. The molecular weight excluding hydrogens is 240 g/mol. The smallest absolute Gasteiger partial charge is 0.0917 e. The molecule has 19 heavy (non-hydrogen) atoms. The highest BCUT2D eigenvalue weighted by atomic mass is 16.5. The van der Waals surface area contributed by atoms with Crippen LogP contribution in [0.5, 0.6) is 0 Å². The lowest BCUT2D eigenvalue weighted by atomic mass is 10.0. The second-order valence-corrected chi connectivity index (χ2v) is 5.49. The van der Waals surface area contributed by atoms with E-state index in [4.69, 9.17) is 10.5 Å². The number of aliphatic hydroxyl groups is 1. The van der Waals surface area contributed by atoms with E-state index in [0.717, 1.165) is 31.7 Å². The van der Waals surface area contributed by atoms with Gasteiger partial charge >= 0.3 is 0 Å². The third-order valence-electron chi connectivity index (χ3n) is 3.60. The van der Waals surface area contributed by atoms with Crippen molar-refractivity contribution in [3.05, 3.63) is 29.8 Å². The minimum Gasteiger partial charge on any atom is -0.399 e. The SMILES string of the molecule is CN(CC1CCCOC1)CC(O)c1cccc(N)c1. The molecule has 2 unspecified atom stereocenters. The van der Waals surface area contributed by atoms with E-state index in [0.29, 0.717) is 18.2 Å². The molecule has 0 saturated carbocycles. The average molecular weight is 264 g/mol. The van der Waals surface area contributed by atoms with Gasteiger partial charge in [0.1, 0.15) is 0 Å². The van der Waals surface area contributed by atoms with Crippen molar-refractivity contribution in [2.24, 2.45) is 5.92 Å². The van der Waals surface area contributed by atoms with Crippen LogP contribution >= 0.6 is 0 Å². The van der Waals surface area contributed by atoms with E-state index in [2.05, 4.69) is 4.90 Å². The number of nitrogen functional groups attached to an aromatic ring is 1. The van der Waals surface area contributed by atoms with Crippen molar-refractivity contribution < 1.29 is 9.84 Å². The van der Waals surface area contributed by atoms with Gasteiger partial charge in [-0.3, -0.25) is 0 Å². The lowest BCUT2D eigenvalue weighted by molar-refractivity contribution is 0.0342. The number of nitrogens with two attached hydrogens (primary N) is 1. The maximum atomic E-state index is 10.2. The van der Waals surface area contributed by atoms with Crippen molar-refractivity contribution >= 4 is 5.69 Å². The Hall–Kier alpha value is -1.10. The van der Waals surface area contributed by atoms with Gasteiger partial charge in [0.05, 0.1) is 12.7 Å². The lowest BCUT2D eigenvalue weighted by Crippen LogP contribution is -2.33. The van der Waals surface area contributed by atoms with E-state index in [9.17, 15) is 5.11 Å². The van der Waals surface area contributed by atoms with Gasteiger partial charge in [-0.05, 0) is 43.5 Å². The molecule has 1 aliphatic rings. The summed E-state index contributed by atoms with van der Waals surface area (Å²) in [4.78, 5) is 2.17. The van der Waals surface area contributed by atoms with E-state index in [1.165, 1.54) is 6.42 Å². The van der Waals surface area contributed by atoms with E-state index in [1.807, 2.05) is 31.3 Å². The Balaban J connectivity index is 1.82. The highest BCUT2D eigenvalue weighted by Gasteiger charge is 2.18. The first kappa shape index (κ1) is 14.3. The summed E-state index contributed by atoms with van der Waals surface area (Å²) in [6.45, 7) is 3.34. The van der Waals surface area contributed by atoms with Gasteiger partial charge in [0.15, 0.2) is 0 Å². The van der Waals surface area contributed by atoms with Gasteiger partial charge in [-0.2, -0.15) is 0 Å². The molecule has 1 heterocycles. The van der Waals surface area contributed by atoms with Crippen LogP contribution in [0, 0.1) is 5.92 Å². The molecule has 2 atom stereocenters. The highest BCUT2D eigenvalue weighted by molar-refractivity contribution is 5.41. The molecule has 1 fully saturated rings. The molecule has 106 valence electrons. The molecule has 0 aliphatic carbocycles. The van der Waals surface area contributed by atoms with Crippen LogP contribution in [-0.4, -0.2) is 43.4 Å². The summed E-state index contributed by atoms with van der Waals surface area (Å²) in [7, 11) is 2.05. The summed E-state index contributed by atoms with van der Waals surface area (Å²) < 4.78 is 5.48. The Kier molecular flexibility index (Phi) is 5.19. The van der Waals surface area contributed by atoms with Gasteiger partial charge < -0.3 is 20.5 Å². The van der Waals surface area contributed by atoms with Gasteiger partial charge in [-0.25, -0.2) is 0 Å². The number of rotatable bonds is 5. The standard InChI is InChI=1S/C15H24N2O2/c1-17(9-12-4-3-7-19-11-12)10-15(18)13-5-2-6-14(16)8-13/h2,5-6,8,12,15,18H,3-4,7,9-11,16H2,1H3. The maximum absolute atomic E-state index is 10.2. The summed E-state index contributed by atoms with van der Waals surface area (Å²) in [5, 5.41) is 10.2. The molecule has 0 radical (unpaired) electrons. The third-order valence-corrected chi connectivity index (χ3v) is 3.60. The summed E-state index contributed by atoms with van der Waals surface area (Å²) in [5.41, 5.74) is 7.31. The average Bonchev–Trinajstić information content (AvgIpc) is 2.39. The van der Waals surface area contributed by atoms with Gasteiger partial charge in [0.25, 0.3) is 0 Å². The van der Waals surface area contributed by atoms with Gasteiger partial charge in [0, 0.05) is 25.4 Å². The zero-order chi connectivity index (χ0) is 13.7. The second kappa shape index (κ2) is 6.89. The Morgan fingerprint density at radius 2 is 2.37 bits per heavy atom. The summed E-state index contributed by atoms with van der Waals surface area (Å²) >= 11 is 0. The van der Waals surface area contributed by atoms with Crippen molar-refractivity contribution in [2.45, 2.75) is 18.9 Å². The number of likely N-dealkylation sites (N-methyl/N-ethyl adjacent to an activating group) is 1. The largest absolute Gasteiger partial charge is 0.399 e. The quantitative estimate of drug-likeness (QED) is 0.794.